The van der Waals surface area contributed by atoms with E-state index in [0.717, 1.165) is 17.3 Å². The highest BCUT2D eigenvalue weighted by Gasteiger charge is 2.09. The highest BCUT2D eigenvalue weighted by molar-refractivity contribution is 8.14. The zero-order chi connectivity index (χ0) is 13.5. The highest BCUT2D eigenvalue weighted by atomic mass is 32.2. The Labute approximate surface area is 112 Å². The first kappa shape index (κ1) is 17.0. The molecule has 0 aromatic rings. The Morgan fingerprint density at radius 3 is 2.35 bits per heavy atom. The summed E-state index contributed by atoms with van der Waals surface area (Å²) in [5.74, 6) is 2.31. The smallest absolute Gasteiger partial charge is 0.214 e. The summed E-state index contributed by atoms with van der Waals surface area (Å²) in [6, 6.07) is 0. The molecule has 0 unspecified atom stereocenters. The number of thioether (sulfide) groups is 2. The van der Waals surface area contributed by atoms with Crippen molar-refractivity contribution in [1.82, 2.24) is 4.31 Å². The summed E-state index contributed by atoms with van der Waals surface area (Å²) in [5.41, 5.74) is 0.566. The lowest BCUT2D eigenvalue weighted by atomic mass is 10.4. The van der Waals surface area contributed by atoms with Gasteiger partial charge in [0.05, 0.1) is 6.26 Å². The largest absolute Gasteiger partial charge is 0.282 e. The SMILES string of the molecule is C=C(C)C(=O)SCCSCCN(C)S(C)(=O)=O. The molecule has 17 heavy (non-hydrogen) atoms. The van der Waals surface area contributed by atoms with Gasteiger partial charge in [-0.3, -0.25) is 4.79 Å². The fraction of sp³-hybridized carbons (Fsp3) is 0.700. The molecule has 0 rings (SSSR count). The second kappa shape index (κ2) is 8.18. The van der Waals surface area contributed by atoms with Crippen molar-refractivity contribution in [3.8, 4) is 0 Å². The summed E-state index contributed by atoms with van der Waals surface area (Å²) >= 11 is 2.90. The van der Waals surface area contributed by atoms with Gasteiger partial charge in [-0.05, 0) is 12.5 Å². The molecule has 0 N–H and O–H groups in total. The monoisotopic (exact) mass is 297 g/mol. The van der Waals surface area contributed by atoms with Crippen LogP contribution >= 0.6 is 23.5 Å². The van der Waals surface area contributed by atoms with Gasteiger partial charge in [0.25, 0.3) is 0 Å². The molecule has 0 aromatic heterocycles. The molecule has 4 nitrogen and oxygen atoms in total. The van der Waals surface area contributed by atoms with Crippen molar-refractivity contribution in [3.05, 3.63) is 12.2 Å². The molecule has 0 fully saturated rings. The fourth-order valence-corrected chi connectivity index (χ4v) is 3.16. The molecule has 0 aliphatic heterocycles. The maximum atomic E-state index is 11.2. The van der Waals surface area contributed by atoms with Crippen LogP contribution in [0.3, 0.4) is 0 Å². The van der Waals surface area contributed by atoms with Gasteiger partial charge in [0.1, 0.15) is 0 Å². The van der Waals surface area contributed by atoms with E-state index in [4.69, 9.17) is 0 Å². The van der Waals surface area contributed by atoms with E-state index < -0.39 is 10.0 Å². The van der Waals surface area contributed by atoms with Crippen LogP contribution in [0.5, 0.6) is 0 Å². The van der Waals surface area contributed by atoms with Gasteiger partial charge >= 0.3 is 0 Å². The van der Waals surface area contributed by atoms with Crippen LogP contribution in [-0.2, 0) is 14.8 Å². The minimum absolute atomic E-state index is 0.0267. The van der Waals surface area contributed by atoms with Crippen molar-refractivity contribution in [2.75, 3.05) is 37.1 Å². The van der Waals surface area contributed by atoms with E-state index in [2.05, 4.69) is 6.58 Å². The standard InChI is InChI=1S/C10H19NO3S3/c1-9(2)10(12)16-8-7-15-6-5-11(3)17(4,13)14/h1,5-8H2,2-4H3. The van der Waals surface area contributed by atoms with Gasteiger partial charge in [0.2, 0.25) is 15.1 Å². The van der Waals surface area contributed by atoms with Crippen molar-refractivity contribution in [2.24, 2.45) is 0 Å². The molecular weight excluding hydrogens is 278 g/mol. The maximum Gasteiger partial charge on any atom is 0.214 e. The van der Waals surface area contributed by atoms with E-state index in [9.17, 15) is 13.2 Å². The molecule has 0 amide bonds. The van der Waals surface area contributed by atoms with Crippen molar-refractivity contribution in [3.63, 3.8) is 0 Å². The molecule has 0 aliphatic carbocycles. The van der Waals surface area contributed by atoms with Gasteiger partial charge in [-0.15, -0.1) is 0 Å². The molecule has 0 aromatic carbocycles. The number of rotatable bonds is 8. The zero-order valence-corrected chi connectivity index (χ0v) is 12.9. The van der Waals surface area contributed by atoms with Gasteiger partial charge in [-0.2, -0.15) is 11.8 Å². The lowest BCUT2D eigenvalue weighted by molar-refractivity contribution is -0.107. The Hall–Kier alpha value is 0.0200. The number of hydrogen-bond donors (Lipinski definition) is 0. The van der Waals surface area contributed by atoms with Crippen LogP contribution in [-0.4, -0.2) is 54.9 Å². The second-order valence-electron chi connectivity index (χ2n) is 3.61. The van der Waals surface area contributed by atoms with Gasteiger partial charge in [-0.1, -0.05) is 18.3 Å². The Morgan fingerprint density at radius 2 is 1.88 bits per heavy atom. The summed E-state index contributed by atoms with van der Waals surface area (Å²) in [6.07, 6.45) is 1.19. The van der Waals surface area contributed by atoms with Gasteiger partial charge in [0, 0.05) is 30.9 Å². The lowest BCUT2D eigenvalue weighted by Crippen LogP contribution is -2.27. The number of carbonyl (C=O) groups is 1. The molecule has 0 heterocycles. The third kappa shape index (κ3) is 8.70. The predicted molar refractivity (Wildman–Crippen MR) is 77.1 cm³/mol. The summed E-state index contributed by atoms with van der Waals surface area (Å²) < 4.78 is 23.5. The van der Waals surface area contributed by atoms with Crippen LogP contribution < -0.4 is 0 Å². The first-order valence-electron chi connectivity index (χ1n) is 5.07. The van der Waals surface area contributed by atoms with Gasteiger partial charge in [0.15, 0.2) is 0 Å². The molecular formula is C10H19NO3S3. The highest BCUT2D eigenvalue weighted by Crippen LogP contribution is 2.12. The maximum absolute atomic E-state index is 11.2. The van der Waals surface area contributed by atoms with Gasteiger partial charge in [-0.25, -0.2) is 12.7 Å². The van der Waals surface area contributed by atoms with Crippen LogP contribution in [0.2, 0.25) is 0 Å². The average molecular weight is 297 g/mol. The molecule has 0 atom stereocenters. The quantitative estimate of drug-likeness (QED) is 0.501. The van der Waals surface area contributed by atoms with E-state index in [1.807, 2.05) is 0 Å². The van der Waals surface area contributed by atoms with E-state index in [1.165, 1.54) is 22.3 Å². The summed E-state index contributed by atoms with van der Waals surface area (Å²) in [6.45, 7) is 5.77. The second-order valence-corrected chi connectivity index (χ2v) is 7.99. The molecule has 100 valence electrons. The van der Waals surface area contributed by atoms with Crippen molar-refractivity contribution in [1.29, 1.82) is 0 Å². The minimum Gasteiger partial charge on any atom is -0.282 e. The van der Waals surface area contributed by atoms with Crippen LogP contribution in [0, 0.1) is 0 Å². The van der Waals surface area contributed by atoms with Crippen LogP contribution in [0.15, 0.2) is 12.2 Å². The molecule has 0 radical (unpaired) electrons. The van der Waals surface area contributed by atoms with Crippen LogP contribution in [0.1, 0.15) is 6.92 Å². The molecule has 7 heteroatoms. The van der Waals surface area contributed by atoms with Crippen molar-refractivity contribution >= 4 is 38.7 Å². The molecule has 0 saturated carbocycles. The summed E-state index contributed by atoms with van der Waals surface area (Å²) in [7, 11) is -1.51. The first-order valence-corrected chi connectivity index (χ1v) is 9.05. The molecule has 0 aliphatic rings. The predicted octanol–water partition coefficient (Wildman–Crippen LogP) is 1.45. The zero-order valence-electron chi connectivity index (χ0n) is 10.4. The fourth-order valence-electron chi connectivity index (χ4n) is 0.777. The Morgan fingerprint density at radius 1 is 1.29 bits per heavy atom. The number of nitrogens with zero attached hydrogens (tertiary/aromatic N) is 1. The lowest BCUT2D eigenvalue weighted by Gasteiger charge is -2.13. The number of carbonyl (C=O) groups excluding carboxylic acids is 1. The molecule has 0 bridgehead atoms. The van der Waals surface area contributed by atoms with E-state index in [0.29, 0.717) is 12.1 Å². The topological polar surface area (TPSA) is 54.5 Å². The minimum atomic E-state index is -3.07. The molecule has 0 spiro atoms. The number of sulfonamides is 1. The van der Waals surface area contributed by atoms with Crippen LogP contribution in [0.25, 0.3) is 0 Å². The van der Waals surface area contributed by atoms with Crippen molar-refractivity contribution < 1.29 is 13.2 Å². The summed E-state index contributed by atoms with van der Waals surface area (Å²) in [4.78, 5) is 11.2. The van der Waals surface area contributed by atoms with E-state index >= 15 is 0 Å². The van der Waals surface area contributed by atoms with Crippen molar-refractivity contribution in [2.45, 2.75) is 6.92 Å². The Bertz CT molecular complexity index is 365. The number of hydrogen-bond acceptors (Lipinski definition) is 5. The van der Waals surface area contributed by atoms with Gasteiger partial charge < -0.3 is 0 Å². The third-order valence-electron chi connectivity index (χ3n) is 1.93. The van der Waals surface area contributed by atoms with E-state index in [1.54, 1.807) is 25.7 Å². The van der Waals surface area contributed by atoms with Crippen LogP contribution in [0.4, 0.5) is 0 Å². The average Bonchev–Trinajstić information content (AvgIpc) is 2.20. The third-order valence-corrected chi connectivity index (χ3v) is 5.48. The Balaban J connectivity index is 3.54. The first-order chi connectivity index (χ1) is 7.75. The molecule has 0 saturated heterocycles. The Kier molecular flexibility index (Phi) is 8.19. The van der Waals surface area contributed by atoms with E-state index in [-0.39, 0.29) is 5.12 Å². The normalized spacial score (nSPS) is 11.8. The summed E-state index contributed by atoms with van der Waals surface area (Å²) in [5, 5.41) is 0.0267.